The van der Waals surface area contributed by atoms with Gasteiger partial charge in [0, 0.05) is 12.4 Å². The van der Waals surface area contributed by atoms with Crippen LogP contribution in [0.15, 0.2) is 24.5 Å². The monoisotopic (exact) mass is 318 g/mol. The summed E-state index contributed by atoms with van der Waals surface area (Å²) in [7, 11) is 0. The van der Waals surface area contributed by atoms with Crippen LogP contribution >= 0.6 is 0 Å². The standard InChI is InChI=1S/C16H16F2N4O/c1-16(2,9-23)22-15-20-7-10(8-21-15)3-4-11-12(17)5-6-13(19)14(11)18/h5-8,23H,9,19H2,1-2H3,(H,20,21,22). The van der Waals surface area contributed by atoms with E-state index in [0.29, 0.717) is 11.5 Å². The Bertz CT molecular complexity index is 764. The molecule has 0 fully saturated rings. The Kier molecular flexibility index (Phi) is 4.77. The summed E-state index contributed by atoms with van der Waals surface area (Å²) in [5.41, 5.74) is 4.64. The van der Waals surface area contributed by atoms with E-state index >= 15 is 0 Å². The van der Waals surface area contributed by atoms with Gasteiger partial charge in [-0.2, -0.15) is 0 Å². The van der Waals surface area contributed by atoms with Gasteiger partial charge in [-0.1, -0.05) is 11.8 Å². The van der Waals surface area contributed by atoms with Crippen molar-refractivity contribution in [3.05, 3.63) is 47.3 Å². The molecule has 0 saturated heterocycles. The van der Waals surface area contributed by atoms with E-state index in [1.165, 1.54) is 12.4 Å². The van der Waals surface area contributed by atoms with Crippen LogP contribution in [0.4, 0.5) is 20.4 Å². The van der Waals surface area contributed by atoms with Crippen LogP contribution in [0, 0.1) is 23.5 Å². The van der Waals surface area contributed by atoms with Gasteiger partial charge in [0.15, 0.2) is 5.82 Å². The van der Waals surface area contributed by atoms with Gasteiger partial charge in [-0.3, -0.25) is 0 Å². The average Bonchev–Trinajstić information content (AvgIpc) is 2.52. The number of halogens is 2. The van der Waals surface area contributed by atoms with Crippen LogP contribution in [0.25, 0.3) is 0 Å². The molecular weight excluding hydrogens is 302 g/mol. The van der Waals surface area contributed by atoms with Crippen LogP contribution in [0.1, 0.15) is 25.0 Å². The average molecular weight is 318 g/mol. The van der Waals surface area contributed by atoms with Gasteiger partial charge in [0.25, 0.3) is 0 Å². The molecule has 4 N–H and O–H groups in total. The van der Waals surface area contributed by atoms with E-state index in [1.807, 2.05) is 0 Å². The summed E-state index contributed by atoms with van der Waals surface area (Å²) in [6, 6.07) is 2.20. The SMILES string of the molecule is CC(C)(CO)Nc1ncc(C#Cc2c(F)ccc(N)c2F)cn1. The highest BCUT2D eigenvalue weighted by atomic mass is 19.1. The van der Waals surface area contributed by atoms with E-state index in [1.54, 1.807) is 13.8 Å². The zero-order chi connectivity index (χ0) is 17.0. The fourth-order valence-corrected chi connectivity index (χ4v) is 1.62. The number of aromatic nitrogens is 2. The van der Waals surface area contributed by atoms with Gasteiger partial charge in [-0.15, -0.1) is 0 Å². The van der Waals surface area contributed by atoms with Crippen molar-refractivity contribution in [3.8, 4) is 11.8 Å². The fourth-order valence-electron chi connectivity index (χ4n) is 1.62. The second kappa shape index (κ2) is 6.58. The molecule has 0 amide bonds. The van der Waals surface area contributed by atoms with Gasteiger partial charge < -0.3 is 16.2 Å². The molecule has 1 heterocycles. The second-order valence-corrected chi connectivity index (χ2v) is 5.54. The molecule has 5 nitrogen and oxygen atoms in total. The number of nitrogens with zero attached hydrogens (tertiary/aromatic N) is 2. The zero-order valence-corrected chi connectivity index (χ0v) is 12.7. The molecule has 2 rings (SSSR count). The lowest BCUT2D eigenvalue weighted by Gasteiger charge is -2.23. The topological polar surface area (TPSA) is 84.1 Å². The number of aliphatic hydroxyl groups excluding tert-OH is 1. The van der Waals surface area contributed by atoms with Gasteiger partial charge >= 0.3 is 0 Å². The predicted molar refractivity (Wildman–Crippen MR) is 83.6 cm³/mol. The highest BCUT2D eigenvalue weighted by Crippen LogP contribution is 2.17. The summed E-state index contributed by atoms with van der Waals surface area (Å²) in [5, 5.41) is 12.1. The molecular formula is C16H16F2N4O. The summed E-state index contributed by atoms with van der Waals surface area (Å²) in [5.74, 6) is 3.63. The number of hydrogen-bond donors (Lipinski definition) is 3. The van der Waals surface area contributed by atoms with Gasteiger partial charge in [0.1, 0.15) is 5.82 Å². The highest BCUT2D eigenvalue weighted by Gasteiger charge is 2.16. The molecule has 0 aliphatic rings. The zero-order valence-electron chi connectivity index (χ0n) is 12.7. The Labute approximate surface area is 132 Å². The van der Waals surface area contributed by atoms with Crippen LogP contribution in [0.2, 0.25) is 0 Å². The lowest BCUT2D eigenvalue weighted by molar-refractivity contribution is 0.233. The minimum Gasteiger partial charge on any atom is -0.396 e. The number of aliphatic hydroxyl groups is 1. The van der Waals surface area contributed by atoms with E-state index < -0.39 is 22.7 Å². The van der Waals surface area contributed by atoms with Gasteiger partial charge in [-0.25, -0.2) is 18.7 Å². The van der Waals surface area contributed by atoms with Crippen molar-refractivity contribution < 1.29 is 13.9 Å². The summed E-state index contributed by atoms with van der Waals surface area (Å²) < 4.78 is 27.3. The lowest BCUT2D eigenvalue weighted by atomic mass is 10.1. The number of nitrogens with two attached hydrogens (primary N) is 1. The third-order valence-electron chi connectivity index (χ3n) is 2.95. The minimum absolute atomic E-state index is 0.0914. The third kappa shape index (κ3) is 4.14. The normalized spacial score (nSPS) is 10.8. The van der Waals surface area contributed by atoms with Crippen LogP contribution in [0.5, 0.6) is 0 Å². The maximum Gasteiger partial charge on any atom is 0.223 e. The van der Waals surface area contributed by atoms with Gasteiger partial charge in [0.05, 0.1) is 29.0 Å². The van der Waals surface area contributed by atoms with E-state index in [2.05, 4.69) is 27.1 Å². The van der Waals surface area contributed by atoms with Gasteiger partial charge in [-0.05, 0) is 26.0 Å². The van der Waals surface area contributed by atoms with Crippen molar-refractivity contribution in [2.45, 2.75) is 19.4 Å². The fraction of sp³-hybridized carbons (Fsp3) is 0.250. The van der Waals surface area contributed by atoms with Crippen molar-refractivity contribution in [3.63, 3.8) is 0 Å². The Morgan fingerprint density at radius 3 is 2.48 bits per heavy atom. The lowest BCUT2D eigenvalue weighted by Crippen LogP contribution is -2.35. The molecule has 1 aromatic heterocycles. The Hall–Kier alpha value is -2.72. The van der Waals surface area contributed by atoms with E-state index in [9.17, 15) is 13.9 Å². The third-order valence-corrected chi connectivity index (χ3v) is 2.95. The number of nitrogen functional groups attached to an aromatic ring is 1. The molecule has 23 heavy (non-hydrogen) atoms. The molecule has 0 saturated carbocycles. The van der Waals surface area contributed by atoms with Crippen LogP contribution in [0.3, 0.4) is 0 Å². The summed E-state index contributed by atoms with van der Waals surface area (Å²) in [6.07, 6.45) is 2.83. The Balaban J connectivity index is 2.22. The van der Waals surface area contributed by atoms with E-state index in [-0.39, 0.29) is 12.3 Å². The first kappa shape index (κ1) is 16.6. The van der Waals surface area contributed by atoms with Crippen molar-refractivity contribution in [1.82, 2.24) is 9.97 Å². The van der Waals surface area contributed by atoms with Crippen LogP contribution < -0.4 is 11.1 Å². The Morgan fingerprint density at radius 2 is 1.87 bits per heavy atom. The van der Waals surface area contributed by atoms with Crippen LogP contribution in [-0.4, -0.2) is 27.2 Å². The molecule has 0 atom stereocenters. The summed E-state index contributed by atoms with van der Waals surface area (Å²) in [6.45, 7) is 3.48. The Morgan fingerprint density at radius 1 is 1.22 bits per heavy atom. The molecule has 1 aromatic carbocycles. The number of hydrogen-bond acceptors (Lipinski definition) is 5. The first-order valence-corrected chi connectivity index (χ1v) is 6.79. The van der Waals surface area contributed by atoms with Crippen molar-refractivity contribution in [1.29, 1.82) is 0 Å². The quantitative estimate of drug-likeness (QED) is 0.595. The summed E-state index contributed by atoms with van der Waals surface area (Å²) in [4.78, 5) is 8.08. The molecule has 120 valence electrons. The first-order valence-electron chi connectivity index (χ1n) is 6.79. The smallest absolute Gasteiger partial charge is 0.223 e. The molecule has 0 aliphatic heterocycles. The molecule has 2 aromatic rings. The number of anilines is 2. The highest BCUT2D eigenvalue weighted by molar-refractivity contribution is 5.51. The van der Waals surface area contributed by atoms with Crippen molar-refractivity contribution in [2.75, 3.05) is 17.7 Å². The molecule has 0 radical (unpaired) electrons. The van der Waals surface area contributed by atoms with Crippen molar-refractivity contribution >= 4 is 11.6 Å². The number of nitrogens with one attached hydrogen (secondary N) is 1. The maximum absolute atomic E-state index is 13.7. The molecule has 0 spiro atoms. The predicted octanol–water partition coefficient (Wildman–Crippen LogP) is 1.92. The molecule has 7 heteroatoms. The van der Waals surface area contributed by atoms with E-state index in [0.717, 1.165) is 12.1 Å². The van der Waals surface area contributed by atoms with Gasteiger partial charge in [0.2, 0.25) is 5.95 Å². The number of benzene rings is 1. The van der Waals surface area contributed by atoms with Crippen LogP contribution in [-0.2, 0) is 0 Å². The van der Waals surface area contributed by atoms with Crippen molar-refractivity contribution in [2.24, 2.45) is 0 Å². The maximum atomic E-state index is 13.7. The molecule has 0 bridgehead atoms. The summed E-state index contributed by atoms with van der Waals surface area (Å²) >= 11 is 0. The first-order chi connectivity index (χ1) is 10.8. The molecule has 0 aliphatic carbocycles. The molecule has 0 unspecified atom stereocenters. The second-order valence-electron chi connectivity index (χ2n) is 5.54. The van der Waals surface area contributed by atoms with E-state index in [4.69, 9.17) is 5.73 Å². The minimum atomic E-state index is -0.888. The largest absolute Gasteiger partial charge is 0.396 e. The number of rotatable bonds is 3.